The van der Waals surface area contributed by atoms with Crippen molar-refractivity contribution in [2.24, 2.45) is 5.92 Å². The number of anilines is 1. The third-order valence-corrected chi connectivity index (χ3v) is 3.60. The summed E-state index contributed by atoms with van der Waals surface area (Å²) in [6, 6.07) is 4.00. The highest BCUT2D eigenvalue weighted by Gasteiger charge is 2.30. The Labute approximate surface area is 102 Å². The number of aliphatic hydroxyl groups excluding tert-OH is 2. The number of nitrogens with zero attached hydrogens (tertiary/aromatic N) is 2. The van der Waals surface area contributed by atoms with E-state index in [9.17, 15) is 10.2 Å². The fraction of sp³-hybridized carbons (Fsp3) is 0.615. The minimum absolute atomic E-state index is 0.180. The van der Waals surface area contributed by atoms with Gasteiger partial charge < -0.3 is 15.1 Å². The molecule has 1 aliphatic rings. The van der Waals surface area contributed by atoms with Gasteiger partial charge in [-0.15, -0.1) is 0 Å². The molecule has 1 aromatic rings. The van der Waals surface area contributed by atoms with Crippen molar-refractivity contribution < 1.29 is 10.2 Å². The van der Waals surface area contributed by atoms with Crippen LogP contribution < -0.4 is 4.90 Å². The molecule has 1 aromatic heterocycles. The number of aromatic nitrogens is 1. The second-order valence-electron chi connectivity index (χ2n) is 4.83. The molecule has 4 nitrogen and oxygen atoms in total. The lowest BCUT2D eigenvalue weighted by Gasteiger charge is -2.27. The van der Waals surface area contributed by atoms with Crippen LogP contribution in [-0.2, 0) is 0 Å². The second kappa shape index (κ2) is 5.02. The summed E-state index contributed by atoms with van der Waals surface area (Å²) in [5, 5.41) is 18.8. The van der Waals surface area contributed by atoms with Crippen LogP contribution in [0.1, 0.15) is 32.1 Å². The summed E-state index contributed by atoms with van der Waals surface area (Å²) in [5.41, 5.74) is 1.71. The molecule has 0 aliphatic carbocycles. The lowest BCUT2D eigenvalue weighted by atomic mass is 10.0. The van der Waals surface area contributed by atoms with Crippen LogP contribution in [0.5, 0.6) is 0 Å². The average molecular weight is 236 g/mol. The Hall–Kier alpha value is -1.13. The highest BCUT2D eigenvalue weighted by Crippen LogP contribution is 2.29. The van der Waals surface area contributed by atoms with Crippen LogP contribution in [0.25, 0.3) is 0 Å². The van der Waals surface area contributed by atoms with Gasteiger partial charge in [0.25, 0.3) is 0 Å². The lowest BCUT2D eigenvalue weighted by molar-refractivity contribution is 0.194. The Morgan fingerprint density at radius 2 is 2.29 bits per heavy atom. The van der Waals surface area contributed by atoms with Crippen LogP contribution in [0.3, 0.4) is 0 Å². The van der Waals surface area contributed by atoms with E-state index in [1.807, 2.05) is 12.1 Å². The van der Waals surface area contributed by atoms with Gasteiger partial charge in [-0.1, -0.05) is 6.92 Å². The van der Waals surface area contributed by atoms with E-state index >= 15 is 0 Å². The molecular formula is C13H20N2O2. The molecule has 2 heterocycles. The summed E-state index contributed by atoms with van der Waals surface area (Å²) in [6.45, 7) is 5.01. The van der Waals surface area contributed by atoms with Crippen LogP contribution in [-0.4, -0.2) is 34.4 Å². The third kappa shape index (κ3) is 2.42. The van der Waals surface area contributed by atoms with Gasteiger partial charge in [0.2, 0.25) is 0 Å². The van der Waals surface area contributed by atoms with Gasteiger partial charge in [0, 0.05) is 6.54 Å². The third-order valence-electron chi connectivity index (χ3n) is 3.60. The molecular weight excluding hydrogens is 216 g/mol. The largest absolute Gasteiger partial charge is 0.394 e. The Bertz CT molecular complexity index is 364. The van der Waals surface area contributed by atoms with Crippen LogP contribution in [0.15, 0.2) is 18.3 Å². The molecule has 17 heavy (non-hydrogen) atoms. The van der Waals surface area contributed by atoms with E-state index in [2.05, 4.69) is 16.8 Å². The van der Waals surface area contributed by atoms with Crippen molar-refractivity contribution >= 4 is 5.69 Å². The number of pyridine rings is 1. The summed E-state index contributed by atoms with van der Waals surface area (Å²) < 4.78 is 0. The SMILES string of the molecule is CC1CCN(c2ccc([C@@H](C)O)nc2)C1CO. The predicted molar refractivity (Wildman–Crippen MR) is 66.9 cm³/mol. The molecule has 3 atom stereocenters. The Kier molecular flexibility index (Phi) is 3.64. The quantitative estimate of drug-likeness (QED) is 0.831. The number of rotatable bonds is 3. The first-order valence-electron chi connectivity index (χ1n) is 6.15. The monoisotopic (exact) mass is 236 g/mol. The Morgan fingerprint density at radius 1 is 1.53 bits per heavy atom. The normalized spacial score (nSPS) is 26.2. The summed E-state index contributed by atoms with van der Waals surface area (Å²) in [7, 11) is 0. The van der Waals surface area contributed by atoms with Gasteiger partial charge in [0.05, 0.1) is 36.3 Å². The minimum atomic E-state index is -0.532. The summed E-state index contributed by atoms with van der Waals surface area (Å²) in [5.74, 6) is 0.511. The highest BCUT2D eigenvalue weighted by atomic mass is 16.3. The van der Waals surface area contributed by atoms with Gasteiger partial charge in [-0.2, -0.15) is 0 Å². The van der Waals surface area contributed by atoms with E-state index in [4.69, 9.17) is 0 Å². The van der Waals surface area contributed by atoms with E-state index in [-0.39, 0.29) is 12.6 Å². The van der Waals surface area contributed by atoms with Crippen LogP contribution in [0.4, 0.5) is 5.69 Å². The van der Waals surface area contributed by atoms with Gasteiger partial charge >= 0.3 is 0 Å². The zero-order chi connectivity index (χ0) is 12.4. The molecule has 2 unspecified atom stereocenters. The van der Waals surface area contributed by atoms with Gasteiger partial charge in [0.15, 0.2) is 0 Å². The van der Waals surface area contributed by atoms with Crippen molar-refractivity contribution in [2.75, 3.05) is 18.1 Å². The topological polar surface area (TPSA) is 56.6 Å². The Morgan fingerprint density at radius 3 is 2.82 bits per heavy atom. The molecule has 94 valence electrons. The molecule has 4 heteroatoms. The van der Waals surface area contributed by atoms with Crippen molar-refractivity contribution in [1.82, 2.24) is 4.98 Å². The van der Waals surface area contributed by atoms with Gasteiger partial charge in [-0.3, -0.25) is 4.98 Å². The van der Waals surface area contributed by atoms with Crippen LogP contribution in [0, 0.1) is 5.92 Å². The first-order valence-corrected chi connectivity index (χ1v) is 6.15. The first-order chi connectivity index (χ1) is 8.13. The molecule has 1 fully saturated rings. The van der Waals surface area contributed by atoms with Gasteiger partial charge in [-0.25, -0.2) is 0 Å². The number of hydrogen-bond donors (Lipinski definition) is 2. The van der Waals surface area contributed by atoms with E-state index < -0.39 is 6.10 Å². The second-order valence-corrected chi connectivity index (χ2v) is 4.83. The van der Waals surface area contributed by atoms with Gasteiger partial charge in [0.1, 0.15) is 0 Å². The zero-order valence-corrected chi connectivity index (χ0v) is 10.4. The fourth-order valence-corrected chi connectivity index (χ4v) is 2.42. The van der Waals surface area contributed by atoms with Crippen molar-refractivity contribution in [3.05, 3.63) is 24.0 Å². The molecule has 0 saturated carbocycles. The standard InChI is InChI=1S/C13H20N2O2/c1-9-5-6-15(13(9)8-16)11-3-4-12(10(2)17)14-7-11/h3-4,7,9-10,13,16-17H,5-6,8H2,1-2H3/t9?,10-,13?/m1/s1. The van der Waals surface area contributed by atoms with Crippen molar-refractivity contribution in [3.8, 4) is 0 Å². The van der Waals surface area contributed by atoms with E-state index in [0.29, 0.717) is 11.6 Å². The summed E-state index contributed by atoms with van der Waals surface area (Å²) >= 11 is 0. The fourth-order valence-electron chi connectivity index (χ4n) is 2.42. The molecule has 2 rings (SSSR count). The Balaban J connectivity index is 2.17. The molecule has 0 amide bonds. The van der Waals surface area contributed by atoms with Gasteiger partial charge in [-0.05, 0) is 31.4 Å². The average Bonchev–Trinajstić information content (AvgIpc) is 2.70. The van der Waals surface area contributed by atoms with Crippen LogP contribution >= 0.6 is 0 Å². The summed E-state index contributed by atoms with van der Waals surface area (Å²) in [4.78, 5) is 6.44. The molecule has 0 radical (unpaired) electrons. The number of aliphatic hydroxyl groups is 2. The maximum absolute atomic E-state index is 9.41. The van der Waals surface area contributed by atoms with E-state index in [1.165, 1.54) is 0 Å². The lowest BCUT2D eigenvalue weighted by Crippen LogP contribution is -2.35. The predicted octanol–water partition coefficient (Wildman–Crippen LogP) is 1.34. The molecule has 0 aromatic carbocycles. The van der Waals surface area contributed by atoms with Crippen molar-refractivity contribution in [2.45, 2.75) is 32.4 Å². The molecule has 1 aliphatic heterocycles. The van der Waals surface area contributed by atoms with Crippen molar-refractivity contribution in [3.63, 3.8) is 0 Å². The summed E-state index contributed by atoms with van der Waals surface area (Å²) in [6.07, 6.45) is 2.35. The molecule has 2 N–H and O–H groups in total. The maximum atomic E-state index is 9.41. The maximum Gasteiger partial charge on any atom is 0.0931 e. The molecule has 0 bridgehead atoms. The highest BCUT2D eigenvalue weighted by molar-refractivity contribution is 5.47. The zero-order valence-electron chi connectivity index (χ0n) is 10.4. The van der Waals surface area contributed by atoms with E-state index in [1.54, 1.807) is 13.1 Å². The smallest absolute Gasteiger partial charge is 0.0931 e. The molecule has 1 saturated heterocycles. The number of hydrogen-bond acceptors (Lipinski definition) is 4. The van der Waals surface area contributed by atoms with E-state index in [0.717, 1.165) is 18.7 Å². The van der Waals surface area contributed by atoms with Crippen molar-refractivity contribution in [1.29, 1.82) is 0 Å². The first kappa shape index (κ1) is 12.3. The minimum Gasteiger partial charge on any atom is -0.394 e. The molecule has 0 spiro atoms. The van der Waals surface area contributed by atoms with Crippen LogP contribution in [0.2, 0.25) is 0 Å².